The van der Waals surface area contributed by atoms with Crippen LogP contribution in [0.5, 0.6) is 0 Å². The van der Waals surface area contributed by atoms with Crippen LogP contribution in [-0.4, -0.2) is 22.9 Å². The van der Waals surface area contributed by atoms with Crippen molar-refractivity contribution in [1.82, 2.24) is 0 Å². The molecule has 2 heteroatoms. The first-order valence-electron chi connectivity index (χ1n) is 12.6. The van der Waals surface area contributed by atoms with Crippen molar-refractivity contribution in [2.45, 2.75) is 110 Å². The summed E-state index contributed by atoms with van der Waals surface area (Å²) < 4.78 is 6.88. The molecule has 1 spiro atoms. The molecular formula is C28H42O2. The van der Waals surface area contributed by atoms with Gasteiger partial charge in [-0.05, 0) is 103 Å². The van der Waals surface area contributed by atoms with E-state index in [0.29, 0.717) is 23.4 Å². The molecule has 5 rings (SSSR count). The molecule has 4 aliphatic carbocycles. The lowest BCUT2D eigenvalue weighted by Gasteiger charge is -2.67. The number of rotatable bonds is 5. The van der Waals surface area contributed by atoms with E-state index >= 15 is 0 Å². The van der Waals surface area contributed by atoms with Crippen LogP contribution in [0.4, 0.5) is 0 Å². The van der Waals surface area contributed by atoms with Gasteiger partial charge in [-0.25, -0.2) is 0 Å². The summed E-state index contributed by atoms with van der Waals surface area (Å²) in [5, 5.41) is 10.7. The van der Waals surface area contributed by atoms with Gasteiger partial charge in [0.05, 0.1) is 17.8 Å². The molecule has 6 atom stereocenters. The van der Waals surface area contributed by atoms with Crippen molar-refractivity contribution in [1.29, 1.82) is 0 Å². The average molecular weight is 411 g/mol. The number of fused-ring (bicyclic) bond motifs is 2. The summed E-state index contributed by atoms with van der Waals surface area (Å²) in [5.74, 6) is 1.82. The molecule has 0 amide bonds. The van der Waals surface area contributed by atoms with Crippen LogP contribution >= 0.6 is 0 Å². The van der Waals surface area contributed by atoms with E-state index in [1.54, 1.807) is 16.7 Å². The second kappa shape index (κ2) is 6.82. The summed E-state index contributed by atoms with van der Waals surface area (Å²) in [6.07, 6.45) is 13.2. The van der Waals surface area contributed by atoms with Crippen LogP contribution in [0.15, 0.2) is 34.9 Å². The smallest absolute Gasteiger partial charge is 0.0965 e. The molecule has 4 unspecified atom stereocenters. The Hall–Kier alpha value is -0.860. The molecule has 2 fully saturated rings. The first-order valence-corrected chi connectivity index (χ1v) is 12.6. The van der Waals surface area contributed by atoms with Gasteiger partial charge in [0, 0.05) is 0 Å². The molecule has 166 valence electrons. The van der Waals surface area contributed by atoms with Crippen LogP contribution in [0, 0.1) is 28.6 Å². The molecule has 1 saturated heterocycles. The Labute approximate surface area is 183 Å². The van der Waals surface area contributed by atoms with Gasteiger partial charge in [0.1, 0.15) is 0 Å². The van der Waals surface area contributed by atoms with Gasteiger partial charge in [0.2, 0.25) is 0 Å². The monoisotopic (exact) mass is 410 g/mol. The Morgan fingerprint density at radius 2 is 2.03 bits per heavy atom. The lowest BCUT2D eigenvalue weighted by atomic mass is 9.47. The summed E-state index contributed by atoms with van der Waals surface area (Å²) in [4.78, 5) is 0. The maximum atomic E-state index is 10.7. The highest BCUT2D eigenvalue weighted by molar-refractivity contribution is 5.55. The van der Waals surface area contributed by atoms with Gasteiger partial charge in [-0.3, -0.25) is 0 Å². The van der Waals surface area contributed by atoms with Gasteiger partial charge in [0.25, 0.3) is 0 Å². The summed E-state index contributed by atoms with van der Waals surface area (Å²) in [5.41, 5.74) is 6.62. The van der Waals surface area contributed by atoms with E-state index in [4.69, 9.17) is 4.74 Å². The Bertz CT molecular complexity index is 814. The van der Waals surface area contributed by atoms with E-state index in [9.17, 15) is 5.11 Å². The number of hydrogen-bond donors (Lipinski definition) is 1. The predicted molar refractivity (Wildman–Crippen MR) is 123 cm³/mol. The number of allylic oxidation sites excluding steroid dienone is 4. The molecule has 0 aromatic rings. The van der Waals surface area contributed by atoms with Crippen molar-refractivity contribution < 1.29 is 9.84 Å². The normalized spacial score (nSPS) is 43.5. The molecule has 2 nitrogen and oxygen atoms in total. The van der Waals surface area contributed by atoms with Gasteiger partial charge in [-0.15, -0.1) is 0 Å². The van der Waals surface area contributed by atoms with Crippen molar-refractivity contribution in [2.75, 3.05) is 0 Å². The minimum Gasteiger partial charge on any atom is -0.393 e. The first kappa shape index (κ1) is 21.0. The van der Waals surface area contributed by atoms with E-state index in [1.807, 2.05) is 0 Å². The number of ether oxygens (including phenoxy) is 1. The van der Waals surface area contributed by atoms with Crippen molar-refractivity contribution in [3.8, 4) is 0 Å². The Morgan fingerprint density at radius 3 is 2.77 bits per heavy atom. The zero-order valence-corrected chi connectivity index (χ0v) is 19.9. The van der Waals surface area contributed by atoms with E-state index in [2.05, 4.69) is 47.3 Å². The maximum Gasteiger partial charge on any atom is 0.0965 e. The minimum atomic E-state index is -0.192. The van der Waals surface area contributed by atoms with Crippen LogP contribution in [0.3, 0.4) is 0 Å². The van der Waals surface area contributed by atoms with Crippen LogP contribution < -0.4 is 0 Å². The van der Waals surface area contributed by atoms with Crippen LogP contribution in [-0.2, 0) is 4.74 Å². The fraction of sp³-hybridized carbons (Fsp3) is 0.786. The third kappa shape index (κ3) is 2.68. The number of aliphatic hydroxyl groups is 1. The molecule has 1 N–H and O–H groups in total. The van der Waals surface area contributed by atoms with Crippen LogP contribution in [0.1, 0.15) is 92.4 Å². The van der Waals surface area contributed by atoms with Crippen LogP contribution in [0.2, 0.25) is 0 Å². The minimum absolute atomic E-state index is 0.0477. The number of hydrogen-bond acceptors (Lipinski definition) is 2. The summed E-state index contributed by atoms with van der Waals surface area (Å²) in [7, 11) is 0. The van der Waals surface area contributed by atoms with Gasteiger partial charge in [0.15, 0.2) is 0 Å². The Balaban J connectivity index is 1.38. The van der Waals surface area contributed by atoms with Gasteiger partial charge >= 0.3 is 0 Å². The highest BCUT2D eigenvalue weighted by Crippen LogP contribution is 2.69. The van der Waals surface area contributed by atoms with E-state index in [1.165, 1.54) is 50.5 Å². The summed E-state index contributed by atoms with van der Waals surface area (Å²) in [6, 6.07) is 0. The SMILES string of the molecule is C=C(CCC[C@H]1CC=C2C3=C4C(CC21C)OC41CC[C@H](O)C(C)(C)C1CC3)C(C)C. The van der Waals surface area contributed by atoms with E-state index in [-0.39, 0.29) is 17.1 Å². The summed E-state index contributed by atoms with van der Waals surface area (Å²) in [6.45, 7) is 15.9. The average Bonchev–Trinajstić information content (AvgIpc) is 2.99. The molecule has 1 saturated carbocycles. The van der Waals surface area contributed by atoms with Crippen molar-refractivity contribution >= 4 is 0 Å². The van der Waals surface area contributed by atoms with Gasteiger partial charge < -0.3 is 9.84 Å². The molecule has 1 aliphatic heterocycles. The van der Waals surface area contributed by atoms with Crippen molar-refractivity contribution in [2.24, 2.45) is 28.6 Å². The van der Waals surface area contributed by atoms with Gasteiger partial charge in [-0.1, -0.05) is 52.8 Å². The molecule has 0 bridgehead atoms. The maximum absolute atomic E-state index is 10.7. The topological polar surface area (TPSA) is 29.5 Å². The van der Waals surface area contributed by atoms with Crippen molar-refractivity contribution in [3.05, 3.63) is 34.9 Å². The highest BCUT2D eigenvalue weighted by Gasteiger charge is 2.67. The standard InChI is InChI=1S/C28H42O2/c1-17(2)18(3)8-7-9-19-10-12-21-20-11-13-23-26(4,5)24(29)14-15-28(23)25(20)22(30-28)16-27(19,21)6/h12,17,19,22-24,29H,3,7-11,13-16H2,1-2,4-6H3/t19-,22?,23?,24-,27?,28?/m0/s1. The molecule has 30 heavy (non-hydrogen) atoms. The highest BCUT2D eigenvalue weighted by atomic mass is 16.5. The lowest BCUT2D eigenvalue weighted by molar-refractivity contribution is -0.248. The third-order valence-corrected chi connectivity index (χ3v) is 10.2. The fourth-order valence-corrected chi connectivity index (χ4v) is 8.09. The molecule has 1 heterocycles. The molecular weight excluding hydrogens is 368 g/mol. The predicted octanol–water partition coefficient (Wildman–Crippen LogP) is 6.75. The van der Waals surface area contributed by atoms with E-state index < -0.39 is 0 Å². The lowest BCUT2D eigenvalue weighted by Crippen LogP contribution is -2.69. The second-order valence-electron chi connectivity index (χ2n) is 12.2. The Kier molecular flexibility index (Phi) is 4.77. The quantitative estimate of drug-likeness (QED) is 0.508. The fourth-order valence-electron chi connectivity index (χ4n) is 8.09. The molecule has 0 aromatic carbocycles. The molecule has 5 aliphatic rings. The van der Waals surface area contributed by atoms with Gasteiger partial charge in [-0.2, -0.15) is 0 Å². The second-order valence-corrected chi connectivity index (χ2v) is 12.2. The van der Waals surface area contributed by atoms with E-state index in [0.717, 1.165) is 18.8 Å². The molecule has 0 radical (unpaired) electrons. The van der Waals surface area contributed by atoms with Crippen molar-refractivity contribution in [3.63, 3.8) is 0 Å². The zero-order valence-electron chi connectivity index (χ0n) is 19.9. The zero-order chi connectivity index (χ0) is 21.5. The largest absolute Gasteiger partial charge is 0.393 e. The number of aliphatic hydroxyl groups excluding tert-OH is 1. The Morgan fingerprint density at radius 1 is 1.27 bits per heavy atom. The summed E-state index contributed by atoms with van der Waals surface area (Å²) >= 11 is 0. The van der Waals surface area contributed by atoms with Crippen LogP contribution in [0.25, 0.3) is 0 Å². The first-order chi connectivity index (χ1) is 14.1. The third-order valence-electron chi connectivity index (χ3n) is 10.2. The molecule has 0 aromatic heterocycles.